The molecule has 1 heterocycles. The zero-order chi connectivity index (χ0) is 20.1. The first kappa shape index (κ1) is 19.2. The van der Waals surface area contributed by atoms with Crippen molar-refractivity contribution in [3.63, 3.8) is 0 Å². The first-order valence-corrected chi connectivity index (χ1v) is 8.71. The predicted molar refractivity (Wildman–Crippen MR) is 104 cm³/mol. The van der Waals surface area contributed by atoms with Crippen molar-refractivity contribution in [2.24, 2.45) is 0 Å². The zero-order valence-electron chi connectivity index (χ0n) is 15.5. The molecule has 0 aliphatic carbocycles. The summed E-state index contributed by atoms with van der Waals surface area (Å²) in [6.45, 7) is 3.60. The number of carbonyl (C=O) groups is 2. The maximum absolute atomic E-state index is 12.2. The van der Waals surface area contributed by atoms with Gasteiger partial charge in [-0.15, -0.1) is 0 Å². The summed E-state index contributed by atoms with van der Waals surface area (Å²) in [7, 11) is 0. The average molecular weight is 381 g/mol. The van der Waals surface area contributed by atoms with Crippen LogP contribution in [-0.2, 0) is 9.53 Å². The van der Waals surface area contributed by atoms with Gasteiger partial charge in [0.25, 0.3) is 5.91 Å². The Bertz CT molecular complexity index is 1090. The molecule has 0 atom stereocenters. The first-order valence-electron chi connectivity index (χ1n) is 8.71. The van der Waals surface area contributed by atoms with E-state index in [-0.39, 0.29) is 16.8 Å². The van der Waals surface area contributed by atoms with E-state index in [1.165, 1.54) is 0 Å². The van der Waals surface area contributed by atoms with Crippen LogP contribution in [0.5, 0.6) is 5.75 Å². The van der Waals surface area contributed by atoms with Gasteiger partial charge in [-0.2, -0.15) is 0 Å². The third-order valence-electron chi connectivity index (χ3n) is 3.88. The van der Waals surface area contributed by atoms with Gasteiger partial charge in [0.2, 0.25) is 5.76 Å². The van der Waals surface area contributed by atoms with E-state index in [1.54, 1.807) is 42.5 Å². The summed E-state index contributed by atoms with van der Waals surface area (Å²) in [5, 5.41) is 2.99. The monoisotopic (exact) mass is 381 g/mol. The fourth-order valence-electron chi connectivity index (χ4n) is 2.61. The Kier molecular flexibility index (Phi) is 5.74. The lowest BCUT2D eigenvalue weighted by atomic mass is 10.1. The summed E-state index contributed by atoms with van der Waals surface area (Å²) in [6.07, 6.45) is 0. The van der Waals surface area contributed by atoms with Crippen LogP contribution in [0.2, 0.25) is 0 Å². The van der Waals surface area contributed by atoms with Crippen LogP contribution in [0.15, 0.2) is 57.7 Å². The molecule has 3 rings (SSSR count). The molecule has 1 amide bonds. The van der Waals surface area contributed by atoms with Gasteiger partial charge in [-0.05, 0) is 38.1 Å². The Hall–Kier alpha value is -3.61. The Balaban J connectivity index is 1.67. The van der Waals surface area contributed by atoms with Crippen molar-refractivity contribution in [1.29, 1.82) is 0 Å². The van der Waals surface area contributed by atoms with E-state index in [2.05, 4.69) is 5.32 Å². The van der Waals surface area contributed by atoms with Gasteiger partial charge in [-0.25, -0.2) is 4.79 Å². The maximum Gasteiger partial charge on any atom is 0.374 e. The van der Waals surface area contributed by atoms with Crippen LogP contribution >= 0.6 is 0 Å². The molecular formula is C21H19NO6. The Morgan fingerprint density at radius 2 is 1.89 bits per heavy atom. The highest BCUT2D eigenvalue weighted by Gasteiger charge is 2.16. The van der Waals surface area contributed by atoms with Crippen molar-refractivity contribution < 1.29 is 23.5 Å². The van der Waals surface area contributed by atoms with E-state index in [1.807, 2.05) is 13.8 Å². The van der Waals surface area contributed by atoms with E-state index in [0.29, 0.717) is 23.4 Å². The summed E-state index contributed by atoms with van der Waals surface area (Å²) in [5.74, 6) is -1.18. The van der Waals surface area contributed by atoms with Gasteiger partial charge >= 0.3 is 5.97 Å². The van der Waals surface area contributed by atoms with Crippen molar-refractivity contribution in [2.45, 2.75) is 13.8 Å². The van der Waals surface area contributed by atoms with Gasteiger partial charge in [-0.3, -0.25) is 9.59 Å². The van der Waals surface area contributed by atoms with E-state index >= 15 is 0 Å². The summed E-state index contributed by atoms with van der Waals surface area (Å²) >= 11 is 0. The number of hydrogen-bond donors (Lipinski definition) is 1. The van der Waals surface area contributed by atoms with Crippen molar-refractivity contribution in [1.82, 2.24) is 0 Å². The van der Waals surface area contributed by atoms with E-state index in [9.17, 15) is 14.4 Å². The highest BCUT2D eigenvalue weighted by molar-refractivity contribution is 5.96. The second-order valence-electron chi connectivity index (χ2n) is 6.03. The number of rotatable bonds is 6. The molecule has 0 saturated carbocycles. The number of carbonyl (C=O) groups excluding carboxylic acids is 2. The number of benzene rings is 2. The van der Waals surface area contributed by atoms with Crippen molar-refractivity contribution in [2.75, 3.05) is 18.5 Å². The lowest BCUT2D eigenvalue weighted by molar-refractivity contribution is -0.119. The van der Waals surface area contributed by atoms with Gasteiger partial charge in [0, 0.05) is 6.07 Å². The largest absolute Gasteiger partial charge is 0.492 e. The number of amides is 1. The smallest absolute Gasteiger partial charge is 0.374 e. The number of fused-ring (bicyclic) bond motifs is 1. The van der Waals surface area contributed by atoms with Crippen LogP contribution in [0, 0.1) is 6.92 Å². The van der Waals surface area contributed by atoms with Crippen LogP contribution < -0.4 is 15.5 Å². The molecule has 0 saturated heterocycles. The molecule has 7 nitrogen and oxygen atoms in total. The highest BCUT2D eigenvalue weighted by Crippen LogP contribution is 2.23. The molecule has 0 unspecified atom stereocenters. The number of ether oxygens (including phenoxy) is 2. The van der Waals surface area contributed by atoms with Gasteiger partial charge in [-0.1, -0.05) is 23.8 Å². The van der Waals surface area contributed by atoms with Crippen LogP contribution in [0.25, 0.3) is 11.0 Å². The number of anilines is 1. The second kappa shape index (κ2) is 8.39. The summed E-state index contributed by atoms with van der Waals surface area (Å²) in [6, 6.07) is 13.0. The molecule has 0 spiro atoms. The molecule has 144 valence electrons. The molecule has 2 aromatic carbocycles. The maximum atomic E-state index is 12.2. The van der Waals surface area contributed by atoms with Gasteiger partial charge < -0.3 is 19.2 Å². The standard InChI is InChI=1S/C21H19NO6/c1-3-26-18-7-5-4-6-15(18)22-20(24)12-27-21(25)19-11-16(23)14-10-13(2)8-9-17(14)28-19/h4-11H,3,12H2,1-2H3,(H,22,24). The number of hydrogen-bond acceptors (Lipinski definition) is 6. The van der Waals surface area contributed by atoms with Gasteiger partial charge in [0.1, 0.15) is 11.3 Å². The summed E-state index contributed by atoms with van der Waals surface area (Å²) < 4.78 is 15.8. The quantitative estimate of drug-likeness (QED) is 0.659. The minimum atomic E-state index is -0.896. The average Bonchev–Trinajstić information content (AvgIpc) is 2.68. The minimum absolute atomic E-state index is 0.260. The van der Waals surface area contributed by atoms with E-state index in [4.69, 9.17) is 13.9 Å². The van der Waals surface area contributed by atoms with E-state index in [0.717, 1.165) is 11.6 Å². The van der Waals surface area contributed by atoms with E-state index < -0.39 is 18.5 Å². The molecule has 1 aromatic heterocycles. The van der Waals surface area contributed by atoms with Crippen LogP contribution in [0.4, 0.5) is 5.69 Å². The van der Waals surface area contributed by atoms with Gasteiger partial charge in [0.15, 0.2) is 12.0 Å². The molecule has 0 aliphatic rings. The highest BCUT2D eigenvalue weighted by atomic mass is 16.5. The number of para-hydroxylation sites is 2. The van der Waals surface area contributed by atoms with Crippen LogP contribution in [-0.4, -0.2) is 25.1 Å². The molecule has 1 N–H and O–H groups in total. The number of nitrogens with one attached hydrogen (secondary N) is 1. The third-order valence-corrected chi connectivity index (χ3v) is 3.88. The van der Waals surface area contributed by atoms with Gasteiger partial charge in [0.05, 0.1) is 17.7 Å². The van der Waals surface area contributed by atoms with Crippen molar-refractivity contribution in [3.8, 4) is 5.75 Å². The first-order chi connectivity index (χ1) is 13.5. The predicted octanol–water partition coefficient (Wildman–Crippen LogP) is 3.30. The summed E-state index contributed by atoms with van der Waals surface area (Å²) in [4.78, 5) is 36.4. The SMILES string of the molecule is CCOc1ccccc1NC(=O)COC(=O)c1cc(=O)c2cc(C)ccc2o1. The van der Waals surface area contributed by atoms with Crippen molar-refractivity contribution >= 4 is 28.5 Å². The molecule has 28 heavy (non-hydrogen) atoms. The van der Waals surface area contributed by atoms with Crippen molar-refractivity contribution in [3.05, 3.63) is 70.1 Å². The molecule has 0 aliphatic heterocycles. The fourth-order valence-corrected chi connectivity index (χ4v) is 2.61. The summed E-state index contributed by atoms with van der Waals surface area (Å²) in [5.41, 5.74) is 1.30. The minimum Gasteiger partial charge on any atom is -0.492 e. The Morgan fingerprint density at radius 1 is 1.11 bits per heavy atom. The normalized spacial score (nSPS) is 10.5. The van der Waals surface area contributed by atoms with Crippen LogP contribution in [0.3, 0.4) is 0 Å². The lowest BCUT2D eigenvalue weighted by Crippen LogP contribution is -2.21. The molecular weight excluding hydrogens is 362 g/mol. The number of esters is 1. The molecule has 7 heteroatoms. The molecule has 3 aromatic rings. The molecule has 0 bridgehead atoms. The Morgan fingerprint density at radius 3 is 2.68 bits per heavy atom. The second-order valence-corrected chi connectivity index (χ2v) is 6.03. The third kappa shape index (κ3) is 4.37. The zero-order valence-corrected chi connectivity index (χ0v) is 15.5. The fraction of sp³-hybridized carbons (Fsp3) is 0.190. The lowest BCUT2D eigenvalue weighted by Gasteiger charge is -2.11. The molecule has 0 radical (unpaired) electrons. The number of aryl methyl sites for hydroxylation is 1. The Labute approximate surface area is 160 Å². The molecule has 0 fully saturated rings. The van der Waals surface area contributed by atoms with Crippen LogP contribution in [0.1, 0.15) is 23.0 Å². The topological polar surface area (TPSA) is 94.8 Å².